The summed E-state index contributed by atoms with van der Waals surface area (Å²) in [5, 5.41) is 15.0. The second-order valence-electron chi connectivity index (χ2n) is 6.83. The van der Waals surface area contributed by atoms with Gasteiger partial charge in [-0.2, -0.15) is 4.98 Å². The maximum Gasteiger partial charge on any atom is 0.290 e. The van der Waals surface area contributed by atoms with Crippen LogP contribution < -0.4 is 4.90 Å². The van der Waals surface area contributed by atoms with Gasteiger partial charge in [0.25, 0.3) is 5.69 Å². The Morgan fingerprint density at radius 1 is 1.32 bits per heavy atom. The van der Waals surface area contributed by atoms with E-state index in [0.29, 0.717) is 35.2 Å². The van der Waals surface area contributed by atoms with Gasteiger partial charge in [-0.25, -0.2) is 9.37 Å². The Kier molecular flexibility index (Phi) is 4.72. The van der Waals surface area contributed by atoms with Crippen molar-refractivity contribution in [2.24, 2.45) is 0 Å². The first-order valence-corrected chi connectivity index (χ1v) is 8.97. The lowest BCUT2D eigenvalue weighted by molar-refractivity contribution is -0.385. The first-order chi connectivity index (χ1) is 13.5. The Hall–Kier alpha value is -3.36. The second kappa shape index (κ2) is 7.34. The first kappa shape index (κ1) is 18.0. The molecule has 9 heteroatoms. The molecule has 1 aliphatic rings. The average Bonchev–Trinajstić information content (AvgIpc) is 3.18. The van der Waals surface area contributed by atoms with Gasteiger partial charge in [0.2, 0.25) is 11.7 Å². The van der Waals surface area contributed by atoms with E-state index in [1.807, 2.05) is 0 Å². The summed E-state index contributed by atoms with van der Waals surface area (Å²) in [6, 6.07) is 7.67. The number of nitro groups is 1. The minimum absolute atomic E-state index is 0.0122. The molecule has 2 aromatic heterocycles. The number of pyridine rings is 1. The van der Waals surface area contributed by atoms with E-state index in [2.05, 4.69) is 20.0 Å². The molecule has 0 bridgehead atoms. The number of piperidine rings is 1. The number of anilines is 1. The fourth-order valence-corrected chi connectivity index (χ4v) is 3.40. The molecule has 8 nitrogen and oxygen atoms in total. The molecule has 1 aliphatic heterocycles. The minimum atomic E-state index is -0.430. The smallest absolute Gasteiger partial charge is 0.290 e. The number of halogens is 1. The lowest BCUT2D eigenvalue weighted by Gasteiger charge is -2.31. The van der Waals surface area contributed by atoms with Gasteiger partial charge in [-0.1, -0.05) is 5.16 Å². The number of nitrogens with zero attached hydrogens (tertiary/aromatic N) is 5. The summed E-state index contributed by atoms with van der Waals surface area (Å²) in [7, 11) is 0. The predicted octanol–water partition coefficient (Wildman–Crippen LogP) is 3.87. The summed E-state index contributed by atoms with van der Waals surface area (Å²) in [5.74, 6) is 1.37. The quantitative estimate of drug-likeness (QED) is 0.498. The van der Waals surface area contributed by atoms with Crippen LogP contribution in [0.25, 0.3) is 11.4 Å². The largest absolute Gasteiger partial charge is 0.356 e. The van der Waals surface area contributed by atoms with E-state index >= 15 is 0 Å². The maximum atomic E-state index is 13.1. The monoisotopic (exact) mass is 383 g/mol. The highest BCUT2D eigenvalue weighted by atomic mass is 19.1. The van der Waals surface area contributed by atoms with E-state index < -0.39 is 4.92 Å². The van der Waals surface area contributed by atoms with Crippen molar-refractivity contribution < 1.29 is 13.8 Å². The minimum Gasteiger partial charge on any atom is -0.356 e. The van der Waals surface area contributed by atoms with E-state index in [1.54, 1.807) is 25.1 Å². The number of aromatic nitrogens is 3. The average molecular weight is 383 g/mol. The number of benzene rings is 1. The van der Waals surface area contributed by atoms with Crippen LogP contribution in [0, 0.1) is 22.9 Å². The summed E-state index contributed by atoms with van der Waals surface area (Å²) in [6.45, 7) is 3.15. The molecular weight excluding hydrogens is 365 g/mol. The fourth-order valence-electron chi connectivity index (χ4n) is 3.40. The van der Waals surface area contributed by atoms with Crippen LogP contribution in [0.2, 0.25) is 0 Å². The molecule has 0 saturated carbocycles. The molecular formula is C19H18FN5O3. The van der Waals surface area contributed by atoms with Crippen LogP contribution in [-0.4, -0.2) is 33.1 Å². The summed E-state index contributed by atoms with van der Waals surface area (Å²) in [6.07, 6.45) is 3.11. The zero-order chi connectivity index (χ0) is 19.7. The lowest BCUT2D eigenvalue weighted by Crippen LogP contribution is -2.35. The van der Waals surface area contributed by atoms with Gasteiger partial charge >= 0.3 is 0 Å². The SMILES string of the molecule is Cc1cc(N2CCCC(c3nc(-c4ccc(F)cc4)no3)C2)ncc1[N+](=O)[O-]. The first-order valence-electron chi connectivity index (χ1n) is 8.97. The van der Waals surface area contributed by atoms with Crippen LogP contribution in [0.1, 0.15) is 30.2 Å². The fraction of sp³-hybridized carbons (Fsp3) is 0.316. The second-order valence-corrected chi connectivity index (χ2v) is 6.83. The topological polar surface area (TPSA) is 98.2 Å². The number of hydrogen-bond donors (Lipinski definition) is 0. The molecule has 1 unspecified atom stereocenters. The normalized spacial score (nSPS) is 16.9. The van der Waals surface area contributed by atoms with Crippen LogP contribution in [0.15, 0.2) is 41.1 Å². The van der Waals surface area contributed by atoms with Gasteiger partial charge in [0.05, 0.1) is 10.8 Å². The molecule has 28 heavy (non-hydrogen) atoms. The van der Waals surface area contributed by atoms with Crippen molar-refractivity contribution in [3.05, 3.63) is 63.9 Å². The molecule has 0 aliphatic carbocycles. The third-order valence-electron chi connectivity index (χ3n) is 4.90. The molecule has 0 spiro atoms. The van der Waals surface area contributed by atoms with Crippen LogP contribution >= 0.6 is 0 Å². The molecule has 0 amide bonds. The Bertz CT molecular complexity index is 1010. The van der Waals surface area contributed by atoms with E-state index in [9.17, 15) is 14.5 Å². The summed E-state index contributed by atoms with van der Waals surface area (Å²) >= 11 is 0. The highest BCUT2D eigenvalue weighted by Gasteiger charge is 2.27. The van der Waals surface area contributed by atoms with Crippen molar-refractivity contribution in [1.82, 2.24) is 15.1 Å². The summed E-state index contributed by atoms with van der Waals surface area (Å²) < 4.78 is 18.5. The molecule has 1 atom stereocenters. The van der Waals surface area contributed by atoms with Crippen molar-refractivity contribution in [3.63, 3.8) is 0 Å². The van der Waals surface area contributed by atoms with Crippen molar-refractivity contribution in [3.8, 4) is 11.4 Å². The summed E-state index contributed by atoms with van der Waals surface area (Å²) in [5.41, 5.74) is 1.28. The highest BCUT2D eigenvalue weighted by Crippen LogP contribution is 2.31. The van der Waals surface area contributed by atoms with Crippen molar-refractivity contribution >= 4 is 11.5 Å². The lowest BCUT2D eigenvalue weighted by atomic mass is 9.98. The molecule has 4 rings (SSSR count). The van der Waals surface area contributed by atoms with Gasteiger partial charge in [0, 0.05) is 24.2 Å². The third-order valence-corrected chi connectivity index (χ3v) is 4.90. The maximum absolute atomic E-state index is 13.1. The Labute approximate surface area is 160 Å². The molecule has 1 fully saturated rings. The highest BCUT2D eigenvalue weighted by molar-refractivity contribution is 5.54. The zero-order valence-electron chi connectivity index (χ0n) is 15.2. The number of hydrogen-bond acceptors (Lipinski definition) is 7. The number of aryl methyl sites for hydroxylation is 1. The molecule has 3 aromatic rings. The Morgan fingerprint density at radius 2 is 2.11 bits per heavy atom. The van der Waals surface area contributed by atoms with Crippen LogP contribution in [-0.2, 0) is 0 Å². The van der Waals surface area contributed by atoms with Crippen molar-refractivity contribution in [1.29, 1.82) is 0 Å². The van der Waals surface area contributed by atoms with E-state index in [-0.39, 0.29) is 17.4 Å². The van der Waals surface area contributed by atoms with E-state index in [4.69, 9.17) is 4.52 Å². The van der Waals surface area contributed by atoms with Gasteiger partial charge < -0.3 is 9.42 Å². The van der Waals surface area contributed by atoms with Gasteiger partial charge in [0.1, 0.15) is 17.8 Å². The van der Waals surface area contributed by atoms with Crippen molar-refractivity contribution in [2.45, 2.75) is 25.7 Å². The molecule has 1 aromatic carbocycles. The zero-order valence-corrected chi connectivity index (χ0v) is 15.2. The van der Waals surface area contributed by atoms with Gasteiger partial charge in [0.15, 0.2) is 0 Å². The standard InChI is InChI=1S/C19H18FN5O3/c1-12-9-17(21-10-16(12)25(26)27)24-8-2-3-14(11-24)19-22-18(23-28-19)13-4-6-15(20)7-5-13/h4-7,9-10,14H,2-3,8,11H2,1H3. The van der Waals surface area contributed by atoms with Gasteiger partial charge in [-0.15, -0.1) is 0 Å². The van der Waals surface area contributed by atoms with Gasteiger partial charge in [-0.3, -0.25) is 10.1 Å². The molecule has 144 valence electrons. The molecule has 0 radical (unpaired) electrons. The number of rotatable bonds is 4. The molecule has 0 N–H and O–H groups in total. The van der Waals surface area contributed by atoms with Crippen LogP contribution in [0.4, 0.5) is 15.9 Å². The Morgan fingerprint density at radius 3 is 2.82 bits per heavy atom. The molecule has 3 heterocycles. The molecule has 1 saturated heterocycles. The van der Waals surface area contributed by atoms with E-state index in [0.717, 1.165) is 19.4 Å². The predicted molar refractivity (Wildman–Crippen MR) is 99.5 cm³/mol. The van der Waals surface area contributed by atoms with Crippen molar-refractivity contribution in [2.75, 3.05) is 18.0 Å². The van der Waals surface area contributed by atoms with Gasteiger partial charge in [-0.05, 0) is 50.1 Å². The van der Waals surface area contributed by atoms with Crippen LogP contribution in [0.5, 0.6) is 0 Å². The van der Waals surface area contributed by atoms with E-state index in [1.165, 1.54) is 18.3 Å². The summed E-state index contributed by atoms with van der Waals surface area (Å²) in [4.78, 5) is 21.4. The Balaban J connectivity index is 1.52. The van der Waals surface area contributed by atoms with Crippen LogP contribution in [0.3, 0.4) is 0 Å². The third kappa shape index (κ3) is 3.55.